The average Bonchev–Trinajstić information content (AvgIpc) is 2.93. The van der Waals surface area contributed by atoms with Gasteiger partial charge in [0.05, 0.1) is 5.56 Å². The van der Waals surface area contributed by atoms with E-state index in [2.05, 4.69) is 11.8 Å². The van der Waals surface area contributed by atoms with E-state index in [1.807, 2.05) is 0 Å². The third kappa shape index (κ3) is 3.16. The van der Waals surface area contributed by atoms with E-state index in [1.54, 1.807) is 4.90 Å². The Kier molecular flexibility index (Phi) is 4.72. The maximum atomic E-state index is 13.2. The zero-order chi connectivity index (χ0) is 14.5. The van der Waals surface area contributed by atoms with Gasteiger partial charge in [-0.3, -0.25) is 4.79 Å². The van der Waals surface area contributed by atoms with Gasteiger partial charge in [-0.1, -0.05) is 11.8 Å². The second kappa shape index (κ2) is 6.51. The van der Waals surface area contributed by atoms with Crippen LogP contribution in [0.1, 0.15) is 22.3 Å². The molecule has 106 valence electrons. The van der Waals surface area contributed by atoms with Crippen LogP contribution in [0.25, 0.3) is 0 Å². The Labute approximate surface area is 116 Å². The molecule has 20 heavy (non-hydrogen) atoms. The third-order valence-electron chi connectivity index (χ3n) is 3.35. The molecular weight excluding hydrogens is 261 g/mol. The van der Waals surface area contributed by atoms with E-state index in [4.69, 9.17) is 10.2 Å². The summed E-state index contributed by atoms with van der Waals surface area (Å²) in [7, 11) is 0. The summed E-state index contributed by atoms with van der Waals surface area (Å²) in [6, 6.07) is 3.82. The number of likely N-dealkylation sites (tertiary alicyclic amines) is 1. The van der Waals surface area contributed by atoms with Crippen molar-refractivity contribution in [2.24, 2.45) is 5.92 Å². The van der Waals surface area contributed by atoms with Crippen molar-refractivity contribution in [2.75, 3.05) is 26.3 Å². The van der Waals surface area contributed by atoms with Gasteiger partial charge in [-0.2, -0.15) is 0 Å². The van der Waals surface area contributed by atoms with Crippen LogP contribution in [0.2, 0.25) is 0 Å². The van der Waals surface area contributed by atoms with E-state index >= 15 is 0 Å². The van der Waals surface area contributed by atoms with Gasteiger partial charge in [0.25, 0.3) is 5.91 Å². The second-order valence-electron chi connectivity index (χ2n) is 4.74. The minimum atomic E-state index is -0.474. The highest BCUT2D eigenvalue weighted by molar-refractivity contribution is 5.97. The smallest absolute Gasteiger partial charge is 0.255 e. The quantitative estimate of drug-likeness (QED) is 0.779. The standard InChI is InChI=1S/C15H16FNO3/c16-13-3-4-14(12(8-13)2-1-7-18)15(20)17-6-5-11(9-17)10-19/h3-4,8,11,18-19H,5-7,9-10H2. The van der Waals surface area contributed by atoms with Gasteiger partial charge in [0, 0.05) is 31.2 Å². The summed E-state index contributed by atoms with van der Waals surface area (Å²) < 4.78 is 13.2. The van der Waals surface area contributed by atoms with Crippen molar-refractivity contribution >= 4 is 5.91 Å². The molecule has 1 amide bonds. The van der Waals surface area contributed by atoms with E-state index in [-0.39, 0.29) is 30.6 Å². The van der Waals surface area contributed by atoms with Crippen LogP contribution in [0, 0.1) is 23.6 Å². The predicted molar refractivity (Wildman–Crippen MR) is 71.5 cm³/mol. The topological polar surface area (TPSA) is 60.8 Å². The van der Waals surface area contributed by atoms with Gasteiger partial charge in [-0.25, -0.2) is 4.39 Å². The van der Waals surface area contributed by atoms with E-state index in [1.165, 1.54) is 18.2 Å². The normalized spacial score (nSPS) is 17.8. The lowest BCUT2D eigenvalue weighted by Crippen LogP contribution is -2.29. The van der Waals surface area contributed by atoms with Crippen LogP contribution in [0.4, 0.5) is 4.39 Å². The molecule has 1 saturated heterocycles. The van der Waals surface area contributed by atoms with Gasteiger partial charge < -0.3 is 15.1 Å². The van der Waals surface area contributed by atoms with Crippen molar-refractivity contribution in [3.05, 3.63) is 35.1 Å². The molecule has 0 aromatic heterocycles. The number of nitrogens with zero attached hydrogens (tertiary/aromatic N) is 1. The minimum Gasteiger partial charge on any atom is -0.396 e. The van der Waals surface area contributed by atoms with Crippen molar-refractivity contribution < 1.29 is 19.4 Å². The van der Waals surface area contributed by atoms with E-state index in [0.717, 1.165) is 6.42 Å². The molecule has 0 radical (unpaired) electrons. The minimum absolute atomic E-state index is 0.0599. The van der Waals surface area contributed by atoms with Crippen LogP contribution in [0.15, 0.2) is 18.2 Å². The molecule has 4 nitrogen and oxygen atoms in total. The summed E-state index contributed by atoms with van der Waals surface area (Å²) in [6.07, 6.45) is 0.765. The Bertz CT molecular complexity index is 562. The number of halogens is 1. The summed E-state index contributed by atoms with van der Waals surface area (Å²) in [6.45, 7) is 0.790. The first-order valence-electron chi connectivity index (χ1n) is 6.45. The van der Waals surface area contributed by atoms with Gasteiger partial charge in [0.2, 0.25) is 0 Å². The van der Waals surface area contributed by atoms with Gasteiger partial charge in [0.1, 0.15) is 12.4 Å². The Balaban J connectivity index is 2.25. The summed E-state index contributed by atoms with van der Waals surface area (Å²) in [5, 5.41) is 17.8. The van der Waals surface area contributed by atoms with E-state index < -0.39 is 5.82 Å². The zero-order valence-electron chi connectivity index (χ0n) is 11.0. The van der Waals surface area contributed by atoms with Crippen molar-refractivity contribution in [1.29, 1.82) is 0 Å². The monoisotopic (exact) mass is 277 g/mol. The van der Waals surface area contributed by atoms with E-state index in [0.29, 0.717) is 18.7 Å². The van der Waals surface area contributed by atoms with Crippen molar-refractivity contribution in [3.63, 3.8) is 0 Å². The molecule has 2 rings (SSSR count). The number of aliphatic hydroxyl groups excluding tert-OH is 2. The first-order valence-corrected chi connectivity index (χ1v) is 6.45. The Morgan fingerprint density at radius 1 is 1.45 bits per heavy atom. The largest absolute Gasteiger partial charge is 0.396 e. The lowest BCUT2D eigenvalue weighted by atomic mass is 10.1. The second-order valence-corrected chi connectivity index (χ2v) is 4.74. The Hall–Kier alpha value is -1.90. The molecule has 1 atom stereocenters. The van der Waals surface area contributed by atoms with E-state index in [9.17, 15) is 9.18 Å². The van der Waals surface area contributed by atoms with Crippen LogP contribution < -0.4 is 0 Å². The first-order chi connectivity index (χ1) is 9.65. The van der Waals surface area contributed by atoms with Crippen molar-refractivity contribution in [2.45, 2.75) is 6.42 Å². The number of amides is 1. The van der Waals surface area contributed by atoms with Gasteiger partial charge in [-0.15, -0.1) is 0 Å². The number of aliphatic hydroxyl groups is 2. The van der Waals surface area contributed by atoms with Crippen molar-refractivity contribution in [3.8, 4) is 11.8 Å². The third-order valence-corrected chi connectivity index (χ3v) is 3.35. The highest BCUT2D eigenvalue weighted by atomic mass is 19.1. The molecule has 5 heteroatoms. The number of hydrogen-bond donors (Lipinski definition) is 2. The lowest BCUT2D eigenvalue weighted by molar-refractivity contribution is 0.0781. The van der Waals surface area contributed by atoms with Gasteiger partial charge >= 0.3 is 0 Å². The molecule has 1 unspecified atom stereocenters. The summed E-state index contributed by atoms with van der Waals surface area (Å²) in [5.74, 6) is 4.43. The number of hydrogen-bond acceptors (Lipinski definition) is 3. The Morgan fingerprint density at radius 2 is 2.25 bits per heavy atom. The number of rotatable bonds is 2. The molecule has 1 aliphatic heterocycles. The maximum absolute atomic E-state index is 13.2. The average molecular weight is 277 g/mol. The van der Waals surface area contributed by atoms with Crippen LogP contribution in [0.5, 0.6) is 0 Å². The molecule has 0 spiro atoms. The molecule has 1 aromatic carbocycles. The first kappa shape index (κ1) is 14.5. The molecular formula is C15H16FNO3. The summed E-state index contributed by atoms with van der Waals surface area (Å²) in [5.41, 5.74) is 0.599. The number of benzene rings is 1. The summed E-state index contributed by atoms with van der Waals surface area (Å²) in [4.78, 5) is 14.0. The van der Waals surface area contributed by atoms with Crippen LogP contribution in [-0.4, -0.2) is 47.3 Å². The molecule has 0 bridgehead atoms. The molecule has 0 saturated carbocycles. The van der Waals surface area contributed by atoms with Crippen LogP contribution in [0.3, 0.4) is 0 Å². The fourth-order valence-electron chi connectivity index (χ4n) is 2.28. The summed E-state index contributed by atoms with van der Waals surface area (Å²) >= 11 is 0. The highest BCUT2D eigenvalue weighted by Gasteiger charge is 2.27. The molecule has 1 heterocycles. The molecule has 1 aromatic rings. The maximum Gasteiger partial charge on any atom is 0.255 e. The van der Waals surface area contributed by atoms with Crippen LogP contribution in [-0.2, 0) is 0 Å². The SMILES string of the molecule is O=C(c1ccc(F)cc1C#CCO)N1CCC(CO)C1. The number of carbonyl (C=O) groups is 1. The molecule has 1 aliphatic rings. The van der Waals surface area contributed by atoms with Gasteiger partial charge in [-0.05, 0) is 24.6 Å². The Morgan fingerprint density at radius 3 is 2.90 bits per heavy atom. The highest BCUT2D eigenvalue weighted by Crippen LogP contribution is 2.20. The lowest BCUT2D eigenvalue weighted by Gasteiger charge is -2.17. The molecule has 0 aliphatic carbocycles. The predicted octanol–water partition coefficient (Wildman–Crippen LogP) is 0.624. The fourth-order valence-corrected chi connectivity index (χ4v) is 2.28. The molecule has 1 fully saturated rings. The van der Waals surface area contributed by atoms with Gasteiger partial charge in [0.15, 0.2) is 0 Å². The van der Waals surface area contributed by atoms with Crippen molar-refractivity contribution in [1.82, 2.24) is 4.90 Å². The number of carbonyl (C=O) groups excluding carboxylic acids is 1. The van der Waals surface area contributed by atoms with Crippen LogP contribution >= 0.6 is 0 Å². The fraction of sp³-hybridized carbons (Fsp3) is 0.400. The molecule has 2 N–H and O–H groups in total. The zero-order valence-corrected chi connectivity index (χ0v) is 11.0.